The summed E-state index contributed by atoms with van der Waals surface area (Å²) in [5.41, 5.74) is 1.46. The van der Waals surface area contributed by atoms with Crippen LogP contribution in [0.4, 0.5) is 4.79 Å². The number of amides is 2. The minimum atomic E-state index is -0.834. The number of hydrogen-bond donors (Lipinski definition) is 1. The van der Waals surface area contributed by atoms with E-state index in [0.29, 0.717) is 5.56 Å². The van der Waals surface area contributed by atoms with Crippen molar-refractivity contribution in [1.82, 2.24) is 10.2 Å². The number of Topliss-reactive ketones (excluding diaryl/α,β-unsaturated/α-hetero) is 1. The Kier molecular flexibility index (Phi) is 6.07. The van der Waals surface area contributed by atoms with Gasteiger partial charge >= 0.3 is 6.09 Å². The van der Waals surface area contributed by atoms with Crippen molar-refractivity contribution in [2.75, 3.05) is 6.54 Å². The van der Waals surface area contributed by atoms with Gasteiger partial charge in [0.1, 0.15) is 11.6 Å². The highest BCUT2D eigenvalue weighted by Crippen LogP contribution is 2.34. The van der Waals surface area contributed by atoms with E-state index in [4.69, 9.17) is 4.74 Å². The van der Waals surface area contributed by atoms with Crippen LogP contribution >= 0.6 is 15.9 Å². The molecule has 3 rings (SSSR count). The van der Waals surface area contributed by atoms with Crippen molar-refractivity contribution in [1.29, 1.82) is 0 Å². The number of halogens is 1. The minimum absolute atomic E-state index is 0.151. The highest BCUT2D eigenvalue weighted by atomic mass is 79.9. The Bertz CT molecular complexity index is 935. The number of ether oxygens (including phenoxy) is 1. The molecule has 1 aliphatic heterocycles. The van der Waals surface area contributed by atoms with Gasteiger partial charge in [-0.15, -0.1) is 0 Å². The van der Waals surface area contributed by atoms with Gasteiger partial charge in [0.25, 0.3) is 0 Å². The summed E-state index contributed by atoms with van der Waals surface area (Å²) in [4.78, 5) is 39.4. The maximum absolute atomic E-state index is 13.0. The average Bonchev–Trinajstić information content (AvgIpc) is 3.05. The van der Waals surface area contributed by atoms with Crippen LogP contribution in [0.3, 0.4) is 0 Å². The molecule has 152 valence electrons. The number of benzene rings is 2. The normalized spacial score (nSPS) is 15.6. The molecule has 0 aromatic heterocycles. The monoisotopic (exact) mass is 458 g/mol. The third-order valence-electron chi connectivity index (χ3n) is 4.47. The summed E-state index contributed by atoms with van der Waals surface area (Å²) in [6.07, 6.45) is -0.562. The van der Waals surface area contributed by atoms with Crippen LogP contribution in [0.2, 0.25) is 0 Å². The van der Waals surface area contributed by atoms with Gasteiger partial charge in [0.2, 0.25) is 5.91 Å². The molecule has 2 amide bonds. The largest absolute Gasteiger partial charge is 0.444 e. The standard InChI is InChI=1S/C22H23BrN2O4/c1-22(2,3)29-21(28)25-13-15-6-4-5-7-17(15)19(25)20(27)24-12-18(26)14-8-10-16(23)11-9-14/h4-11,19H,12-13H2,1-3H3,(H,24,27). The van der Waals surface area contributed by atoms with E-state index in [1.54, 1.807) is 45.0 Å². The van der Waals surface area contributed by atoms with E-state index in [-0.39, 0.29) is 18.9 Å². The van der Waals surface area contributed by atoms with Crippen molar-refractivity contribution < 1.29 is 19.1 Å². The van der Waals surface area contributed by atoms with Gasteiger partial charge in [-0.2, -0.15) is 0 Å². The van der Waals surface area contributed by atoms with Crippen LogP contribution in [0.1, 0.15) is 48.3 Å². The van der Waals surface area contributed by atoms with Gasteiger partial charge in [0.15, 0.2) is 5.78 Å². The number of nitrogens with zero attached hydrogens (tertiary/aromatic N) is 1. The van der Waals surface area contributed by atoms with Crippen LogP contribution < -0.4 is 5.32 Å². The van der Waals surface area contributed by atoms with E-state index in [9.17, 15) is 14.4 Å². The number of carbonyl (C=O) groups excluding carboxylic acids is 3. The van der Waals surface area contributed by atoms with E-state index in [0.717, 1.165) is 15.6 Å². The summed E-state index contributed by atoms with van der Waals surface area (Å²) in [5.74, 6) is -0.618. The molecule has 0 fully saturated rings. The summed E-state index contributed by atoms with van der Waals surface area (Å²) in [5, 5.41) is 2.68. The van der Waals surface area contributed by atoms with Crippen molar-refractivity contribution in [2.45, 2.75) is 39.0 Å². The summed E-state index contributed by atoms with van der Waals surface area (Å²) in [6, 6.07) is 13.5. The first-order valence-electron chi connectivity index (χ1n) is 9.29. The first-order chi connectivity index (χ1) is 13.7. The third-order valence-corrected chi connectivity index (χ3v) is 5.00. The molecule has 6 nitrogen and oxygen atoms in total. The Morgan fingerprint density at radius 3 is 2.41 bits per heavy atom. The van der Waals surface area contributed by atoms with Crippen LogP contribution in [0.15, 0.2) is 53.0 Å². The van der Waals surface area contributed by atoms with Crippen molar-refractivity contribution in [3.05, 3.63) is 69.7 Å². The van der Waals surface area contributed by atoms with Crippen molar-refractivity contribution in [3.8, 4) is 0 Å². The zero-order valence-electron chi connectivity index (χ0n) is 16.6. The van der Waals surface area contributed by atoms with Gasteiger partial charge in [-0.05, 0) is 44.0 Å². The first-order valence-corrected chi connectivity index (χ1v) is 10.1. The first kappa shape index (κ1) is 21.0. The van der Waals surface area contributed by atoms with Crippen LogP contribution in [0.5, 0.6) is 0 Å². The summed E-state index contributed by atoms with van der Waals surface area (Å²) >= 11 is 3.33. The van der Waals surface area contributed by atoms with E-state index < -0.39 is 23.6 Å². The van der Waals surface area contributed by atoms with E-state index in [2.05, 4.69) is 21.2 Å². The van der Waals surface area contributed by atoms with E-state index in [1.165, 1.54) is 4.90 Å². The molecule has 0 bridgehead atoms. The Morgan fingerprint density at radius 1 is 1.10 bits per heavy atom. The summed E-state index contributed by atoms with van der Waals surface area (Å²) in [6.45, 7) is 5.46. The quantitative estimate of drug-likeness (QED) is 0.695. The fourth-order valence-electron chi connectivity index (χ4n) is 3.16. The smallest absolute Gasteiger partial charge is 0.411 e. The molecule has 1 aliphatic rings. The molecular formula is C22H23BrN2O4. The number of fused-ring (bicyclic) bond motifs is 1. The molecule has 0 saturated heterocycles. The van der Waals surface area contributed by atoms with Crippen LogP contribution in [0, 0.1) is 0 Å². The second-order valence-corrected chi connectivity index (χ2v) is 8.77. The zero-order valence-corrected chi connectivity index (χ0v) is 18.2. The molecule has 0 spiro atoms. The lowest BCUT2D eigenvalue weighted by molar-refractivity contribution is -0.126. The number of carbonyl (C=O) groups is 3. The second-order valence-electron chi connectivity index (χ2n) is 7.86. The zero-order chi connectivity index (χ0) is 21.2. The Labute approximate surface area is 178 Å². The van der Waals surface area contributed by atoms with Crippen molar-refractivity contribution in [2.24, 2.45) is 0 Å². The van der Waals surface area contributed by atoms with Crippen LogP contribution in [-0.4, -0.2) is 34.8 Å². The molecule has 0 saturated carbocycles. The Balaban J connectivity index is 1.75. The molecule has 2 aromatic carbocycles. The van der Waals surface area contributed by atoms with Crippen molar-refractivity contribution >= 4 is 33.7 Å². The fraction of sp³-hybridized carbons (Fsp3) is 0.318. The topological polar surface area (TPSA) is 75.7 Å². The van der Waals surface area contributed by atoms with Gasteiger partial charge in [-0.25, -0.2) is 4.79 Å². The molecule has 1 N–H and O–H groups in total. The molecule has 0 aliphatic carbocycles. The van der Waals surface area contributed by atoms with Gasteiger partial charge < -0.3 is 10.1 Å². The van der Waals surface area contributed by atoms with Gasteiger partial charge in [0, 0.05) is 10.0 Å². The maximum Gasteiger partial charge on any atom is 0.411 e. The predicted molar refractivity (Wildman–Crippen MR) is 112 cm³/mol. The molecule has 0 radical (unpaired) electrons. The molecule has 7 heteroatoms. The Morgan fingerprint density at radius 2 is 1.76 bits per heavy atom. The Hall–Kier alpha value is -2.67. The lowest BCUT2D eigenvalue weighted by atomic mass is 10.0. The highest BCUT2D eigenvalue weighted by molar-refractivity contribution is 9.10. The van der Waals surface area contributed by atoms with Gasteiger partial charge in [-0.1, -0.05) is 52.3 Å². The molecule has 29 heavy (non-hydrogen) atoms. The molecule has 1 atom stereocenters. The molecule has 2 aromatic rings. The number of rotatable bonds is 4. The van der Waals surface area contributed by atoms with Crippen LogP contribution in [-0.2, 0) is 16.1 Å². The van der Waals surface area contributed by atoms with Gasteiger partial charge in [-0.3, -0.25) is 14.5 Å². The number of ketones is 1. The predicted octanol–water partition coefficient (Wildman–Crippen LogP) is 4.24. The molecule has 1 unspecified atom stereocenters. The lowest BCUT2D eigenvalue weighted by Gasteiger charge is -2.28. The minimum Gasteiger partial charge on any atom is -0.444 e. The van der Waals surface area contributed by atoms with E-state index >= 15 is 0 Å². The molecule has 1 heterocycles. The number of hydrogen-bond acceptors (Lipinski definition) is 4. The number of nitrogens with one attached hydrogen (secondary N) is 1. The lowest BCUT2D eigenvalue weighted by Crippen LogP contribution is -2.43. The maximum atomic E-state index is 13.0. The van der Waals surface area contributed by atoms with Crippen LogP contribution in [0.25, 0.3) is 0 Å². The highest BCUT2D eigenvalue weighted by Gasteiger charge is 2.40. The summed E-state index contributed by atoms with van der Waals surface area (Å²) in [7, 11) is 0. The third kappa shape index (κ3) is 5.03. The van der Waals surface area contributed by atoms with E-state index in [1.807, 2.05) is 24.3 Å². The van der Waals surface area contributed by atoms with Gasteiger partial charge in [0.05, 0.1) is 13.1 Å². The molecular weight excluding hydrogens is 436 g/mol. The SMILES string of the molecule is CC(C)(C)OC(=O)N1Cc2ccccc2C1C(=O)NCC(=O)c1ccc(Br)cc1. The second kappa shape index (κ2) is 8.37. The average molecular weight is 459 g/mol. The summed E-state index contributed by atoms with van der Waals surface area (Å²) < 4.78 is 6.34. The fourth-order valence-corrected chi connectivity index (χ4v) is 3.43. The van der Waals surface area contributed by atoms with Crippen molar-refractivity contribution in [3.63, 3.8) is 0 Å².